The summed E-state index contributed by atoms with van der Waals surface area (Å²) in [4.78, 5) is 0. The van der Waals surface area contributed by atoms with Crippen LogP contribution in [-0.4, -0.2) is 24.3 Å². The van der Waals surface area contributed by atoms with Crippen LogP contribution < -0.4 is 5.32 Å². The second-order valence-electron chi connectivity index (χ2n) is 6.02. The number of hydrogen-bond donors (Lipinski definition) is 1. The minimum absolute atomic E-state index is 0.148. The van der Waals surface area contributed by atoms with Crippen molar-refractivity contribution in [2.24, 2.45) is 5.41 Å². The second kappa shape index (κ2) is 3.21. The molecule has 0 aromatic rings. The highest BCUT2D eigenvalue weighted by atomic mass is 16.5. The van der Waals surface area contributed by atoms with E-state index in [-0.39, 0.29) is 5.60 Å². The van der Waals surface area contributed by atoms with Gasteiger partial charge in [0.15, 0.2) is 0 Å². The fourth-order valence-corrected chi connectivity index (χ4v) is 2.92. The molecule has 0 aromatic heterocycles. The fourth-order valence-electron chi connectivity index (χ4n) is 2.92. The first-order chi connectivity index (χ1) is 6.43. The average molecular weight is 197 g/mol. The predicted molar refractivity (Wildman–Crippen MR) is 58.4 cm³/mol. The number of rotatable bonds is 0. The lowest BCUT2D eigenvalue weighted by Gasteiger charge is -2.42. The molecule has 0 radical (unpaired) electrons. The summed E-state index contributed by atoms with van der Waals surface area (Å²) in [5, 5.41) is 3.58. The van der Waals surface area contributed by atoms with Crippen LogP contribution in [-0.2, 0) is 4.74 Å². The number of ether oxygens (including phenoxy) is 1. The van der Waals surface area contributed by atoms with Gasteiger partial charge in [-0.1, -0.05) is 13.8 Å². The standard InChI is InChI=1S/C12H23NO/c1-9-10(2)14-12(8-13-9)6-5-11(3,4)7-12/h9-10,13H,5-8H2,1-4H3. The molecule has 14 heavy (non-hydrogen) atoms. The molecule has 1 aliphatic carbocycles. The van der Waals surface area contributed by atoms with Crippen molar-refractivity contribution in [1.82, 2.24) is 5.32 Å². The van der Waals surface area contributed by atoms with Crippen molar-refractivity contribution in [2.45, 2.75) is 64.7 Å². The normalized spacial score (nSPS) is 47.1. The van der Waals surface area contributed by atoms with Crippen molar-refractivity contribution in [3.05, 3.63) is 0 Å². The Balaban J connectivity index is 2.05. The van der Waals surface area contributed by atoms with Gasteiger partial charge in [0.2, 0.25) is 0 Å². The molecule has 3 unspecified atom stereocenters. The summed E-state index contributed by atoms with van der Waals surface area (Å²) in [5.74, 6) is 0. The Hall–Kier alpha value is -0.0800. The average Bonchev–Trinajstić information content (AvgIpc) is 2.36. The van der Waals surface area contributed by atoms with Gasteiger partial charge < -0.3 is 10.1 Å². The second-order valence-corrected chi connectivity index (χ2v) is 6.02. The van der Waals surface area contributed by atoms with Crippen LogP contribution in [0.3, 0.4) is 0 Å². The van der Waals surface area contributed by atoms with Gasteiger partial charge in [0.25, 0.3) is 0 Å². The molecular formula is C12H23NO. The first-order valence-electron chi connectivity index (χ1n) is 5.84. The van der Waals surface area contributed by atoms with Crippen molar-refractivity contribution >= 4 is 0 Å². The Morgan fingerprint density at radius 1 is 1.21 bits per heavy atom. The summed E-state index contributed by atoms with van der Waals surface area (Å²) in [5.41, 5.74) is 0.622. The Kier molecular flexibility index (Phi) is 2.39. The molecule has 2 aliphatic rings. The lowest BCUT2D eigenvalue weighted by atomic mass is 9.88. The van der Waals surface area contributed by atoms with Crippen LogP contribution in [0.5, 0.6) is 0 Å². The van der Waals surface area contributed by atoms with Crippen molar-refractivity contribution in [3.63, 3.8) is 0 Å². The molecule has 1 heterocycles. The van der Waals surface area contributed by atoms with Crippen LogP contribution in [0.2, 0.25) is 0 Å². The molecule has 1 spiro atoms. The lowest BCUT2D eigenvalue weighted by molar-refractivity contribution is -0.125. The molecule has 0 bridgehead atoms. The predicted octanol–water partition coefficient (Wildman–Crippen LogP) is 2.33. The van der Waals surface area contributed by atoms with E-state index in [9.17, 15) is 0 Å². The lowest BCUT2D eigenvalue weighted by Crippen LogP contribution is -2.56. The van der Waals surface area contributed by atoms with Crippen LogP contribution in [0.4, 0.5) is 0 Å². The van der Waals surface area contributed by atoms with Gasteiger partial charge in [-0.25, -0.2) is 0 Å². The maximum Gasteiger partial charge on any atom is 0.0816 e. The van der Waals surface area contributed by atoms with E-state index in [4.69, 9.17) is 4.74 Å². The van der Waals surface area contributed by atoms with Gasteiger partial charge in [-0.05, 0) is 38.5 Å². The number of hydrogen-bond acceptors (Lipinski definition) is 2. The highest BCUT2D eigenvalue weighted by molar-refractivity contribution is 5.00. The quantitative estimate of drug-likeness (QED) is 0.643. The van der Waals surface area contributed by atoms with E-state index < -0.39 is 0 Å². The molecule has 0 amide bonds. The van der Waals surface area contributed by atoms with Gasteiger partial charge in [0.05, 0.1) is 11.7 Å². The van der Waals surface area contributed by atoms with Crippen molar-refractivity contribution < 1.29 is 4.74 Å². The molecule has 1 saturated carbocycles. The van der Waals surface area contributed by atoms with Crippen LogP contribution in [0.25, 0.3) is 0 Å². The van der Waals surface area contributed by atoms with Crippen molar-refractivity contribution in [2.75, 3.05) is 6.54 Å². The first-order valence-corrected chi connectivity index (χ1v) is 5.84. The molecule has 2 rings (SSSR count). The Morgan fingerprint density at radius 3 is 2.43 bits per heavy atom. The maximum absolute atomic E-state index is 6.22. The fraction of sp³-hybridized carbons (Fsp3) is 1.00. The van der Waals surface area contributed by atoms with Gasteiger partial charge >= 0.3 is 0 Å². The molecule has 2 nitrogen and oxygen atoms in total. The first kappa shape index (κ1) is 10.4. The zero-order chi connectivity index (χ0) is 10.4. The van der Waals surface area contributed by atoms with E-state index in [0.717, 1.165) is 6.54 Å². The summed E-state index contributed by atoms with van der Waals surface area (Å²) >= 11 is 0. The largest absolute Gasteiger partial charge is 0.369 e. The maximum atomic E-state index is 6.22. The molecule has 2 heteroatoms. The topological polar surface area (TPSA) is 21.3 Å². The highest BCUT2D eigenvalue weighted by Gasteiger charge is 2.47. The Bertz CT molecular complexity index is 226. The summed E-state index contributed by atoms with van der Waals surface area (Å²) in [7, 11) is 0. The zero-order valence-electron chi connectivity index (χ0n) is 9.89. The van der Waals surface area contributed by atoms with Crippen molar-refractivity contribution in [3.8, 4) is 0 Å². The monoisotopic (exact) mass is 197 g/mol. The van der Waals surface area contributed by atoms with E-state index in [2.05, 4.69) is 33.0 Å². The van der Waals surface area contributed by atoms with Crippen LogP contribution in [0.15, 0.2) is 0 Å². The van der Waals surface area contributed by atoms with E-state index in [1.54, 1.807) is 0 Å². The summed E-state index contributed by atoms with van der Waals surface area (Å²) in [6.45, 7) is 10.1. The molecule has 82 valence electrons. The molecule has 1 aliphatic heterocycles. The van der Waals surface area contributed by atoms with Crippen LogP contribution >= 0.6 is 0 Å². The van der Waals surface area contributed by atoms with Gasteiger partial charge in [-0.3, -0.25) is 0 Å². The zero-order valence-corrected chi connectivity index (χ0v) is 9.89. The van der Waals surface area contributed by atoms with E-state index >= 15 is 0 Å². The van der Waals surface area contributed by atoms with Gasteiger partial charge in [0, 0.05) is 12.6 Å². The van der Waals surface area contributed by atoms with E-state index in [1.807, 2.05) is 0 Å². The van der Waals surface area contributed by atoms with Crippen molar-refractivity contribution in [1.29, 1.82) is 0 Å². The Labute approximate surface area is 87.4 Å². The van der Waals surface area contributed by atoms with Gasteiger partial charge in [0.1, 0.15) is 0 Å². The molecule has 1 N–H and O–H groups in total. The van der Waals surface area contributed by atoms with Gasteiger partial charge in [-0.15, -0.1) is 0 Å². The minimum atomic E-state index is 0.148. The third-order valence-corrected chi connectivity index (χ3v) is 3.94. The van der Waals surface area contributed by atoms with E-state index in [1.165, 1.54) is 19.3 Å². The molecular weight excluding hydrogens is 174 g/mol. The summed E-state index contributed by atoms with van der Waals surface area (Å²) in [6, 6.07) is 0.504. The third kappa shape index (κ3) is 1.82. The molecule has 1 saturated heterocycles. The molecule has 0 aromatic carbocycles. The Morgan fingerprint density at radius 2 is 1.93 bits per heavy atom. The van der Waals surface area contributed by atoms with E-state index in [0.29, 0.717) is 17.6 Å². The number of morpholine rings is 1. The highest BCUT2D eigenvalue weighted by Crippen LogP contribution is 2.46. The summed E-state index contributed by atoms with van der Waals surface area (Å²) in [6.07, 6.45) is 4.10. The van der Waals surface area contributed by atoms with Crippen LogP contribution in [0, 0.1) is 5.41 Å². The number of nitrogens with one attached hydrogen (secondary N) is 1. The van der Waals surface area contributed by atoms with Gasteiger partial charge in [-0.2, -0.15) is 0 Å². The SMILES string of the molecule is CC1NCC2(CCC(C)(C)C2)OC1C. The summed E-state index contributed by atoms with van der Waals surface area (Å²) < 4.78 is 6.22. The molecule has 3 atom stereocenters. The minimum Gasteiger partial charge on any atom is -0.369 e. The third-order valence-electron chi connectivity index (χ3n) is 3.94. The molecule has 2 fully saturated rings. The van der Waals surface area contributed by atoms with Crippen LogP contribution in [0.1, 0.15) is 47.0 Å². The smallest absolute Gasteiger partial charge is 0.0816 e.